The van der Waals surface area contributed by atoms with Gasteiger partial charge in [0.1, 0.15) is 0 Å². The van der Waals surface area contributed by atoms with E-state index < -0.39 is 0 Å². The number of allylic oxidation sites excluding steroid dienone is 2. The quantitative estimate of drug-likeness (QED) is 0.361. The summed E-state index contributed by atoms with van der Waals surface area (Å²) in [6.07, 6.45) is 8.76. The highest BCUT2D eigenvalue weighted by molar-refractivity contribution is 5.35. The maximum atomic E-state index is 10.3. The predicted octanol–water partition coefficient (Wildman–Crippen LogP) is 2.31. The van der Waals surface area contributed by atoms with Gasteiger partial charge in [-0.1, -0.05) is 12.2 Å². The first kappa shape index (κ1) is 8.71. The Labute approximate surface area is 78.7 Å². The molecule has 0 saturated heterocycles. The topological polar surface area (TPSA) is 29.4 Å². The smallest absolute Gasteiger partial charge is 0.211 e. The summed E-state index contributed by atoms with van der Waals surface area (Å²) in [5, 5.41) is 0. The van der Waals surface area contributed by atoms with Crippen LogP contribution < -0.4 is 0 Å². The van der Waals surface area contributed by atoms with Gasteiger partial charge in [0, 0.05) is 0 Å². The average molecular weight is 177 g/mol. The first-order valence-corrected chi connectivity index (χ1v) is 4.91. The lowest BCUT2D eigenvalue weighted by molar-refractivity contribution is 0.279. The molecular formula is C11H15NO. The first-order valence-electron chi connectivity index (χ1n) is 4.91. The fraction of sp³-hybridized carbons (Fsp3) is 0.727. The largest absolute Gasteiger partial charge is 0.235 e. The molecule has 2 aliphatic carbocycles. The number of rotatable bonds is 2. The minimum absolute atomic E-state index is 0.216. The molecule has 70 valence electrons. The van der Waals surface area contributed by atoms with E-state index in [0.717, 1.165) is 5.92 Å². The monoisotopic (exact) mass is 177 g/mol. The SMILES string of the molecule is CC(C)(N=C=O)C1CC2C=CC1C2. The normalized spacial score (nSPS) is 36.3. The molecule has 2 aliphatic rings. The predicted molar refractivity (Wildman–Crippen MR) is 51.0 cm³/mol. The van der Waals surface area contributed by atoms with Gasteiger partial charge in [0.25, 0.3) is 0 Å². The molecule has 13 heavy (non-hydrogen) atoms. The molecule has 0 aromatic carbocycles. The van der Waals surface area contributed by atoms with Crippen LogP contribution in [0.25, 0.3) is 0 Å². The molecule has 0 radical (unpaired) electrons. The third-order valence-electron chi connectivity index (χ3n) is 3.52. The molecule has 0 heterocycles. The summed E-state index contributed by atoms with van der Waals surface area (Å²) in [7, 11) is 0. The lowest BCUT2D eigenvalue weighted by Gasteiger charge is -2.30. The Kier molecular flexibility index (Phi) is 1.88. The van der Waals surface area contributed by atoms with Crippen LogP contribution in [-0.2, 0) is 4.79 Å². The Morgan fingerprint density at radius 2 is 2.15 bits per heavy atom. The molecule has 0 amide bonds. The number of isocyanates is 1. The van der Waals surface area contributed by atoms with E-state index in [9.17, 15) is 4.79 Å². The molecule has 3 unspecified atom stereocenters. The third-order valence-corrected chi connectivity index (χ3v) is 3.52. The number of hydrogen-bond donors (Lipinski definition) is 0. The summed E-state index contributed by atoms with van der Waals surface area (Å²) in [5.41, 5.74) is -0.216. The highest BCUT2D eigenvalue weighted by Crippen LogP contribution is 2.48. The zero-order valence-corrected chi connectivity index (χ0v) is 8.16. The van der Waals surface area contributed by atoms with Gasteiger partial charge in [-0.25, -0.2) is 4.79 Å². The van der Waals surface area contributed by atoms with E-state index in [-0.39, 0.29) is 5.54 Å². The second kappa shape index (κ2) is 2.81. The number of nitrogens with zero attached hydrogens (tertiary/aromatic N) is 1. The zero-order valence-electron chi connectivity index (χ0n) is 8.16. The van der Waals surface area contributed by atoms with Gasteiger partial charge in [-0.3, -0.25) is 0 Å². The minimum atomic E-state index is -0.216. The van der Waals surface area contributed by atoms with Crippen molar-refractivity contribution in [2.75, 3.05) is 0 Å². The van der Waals surface area contributed by atoms with Crippen molar-refractivity contribution in [1.29, 1.82) is 0 Å². The number of carbonyl (C=O) groups excluding carboxylic acids is 1. The zero-order chi connectivity index (χ0) is 9.47. The minimum Gasteiger partial charge on any atom is -0.211 e. The van der Waals surface area contributed by atoms with Crippen LogP contribution in [0.2, 0.25) is 0 Å². The van der Waals surface area contributed by atoms with Gasteiger partial charge >= 0.3 is 0 Å². The molecule has 2 nitrogen and oxygen atoms in total. The average Bonchev–Trinajstić information content (AvgIpc) is 2.63. The molecule has 0 aromatic rings. The fourth-order valence-corrected chi connectivity index (χ4v) is 2.79. The molecule has 1 saturated carbocycles. The first-order chi connectivity index (χ1) is 6.13. The summed E-state index contributed by atoms with van der Waals surface area (Å²) in [6.45, 7) is 4.08. The highest BCUT2D eigenvalue weighted by atomic mass is 16.1. The van der Waals surface area contributed by atoms with Crippen LogP contribution in [0.1, 0.15) is 26.7 Å². The molecule has 0 N–H and O–H groups in total. The molecule has 0 aromatic heterocycles. The van der Waals surface area contributed by atoms with Crippen molar-refractivity contribution < 1.29 is 4.79 Å². The maximum absolute atomic E-state index is 10.3. The van der Waals surface area contributed by atoms with E-state index in [2.05, 4.69) is 17.1 Å². The van der Waals surface area contributed by atoms with Crippen molar-refractivity contribution in [3.8, 4) is 0 Å². The lowest BCUT2D eigenvalue weighted by Crippen LogP contribution is -2.31. The van der Waals surface area contributed by atoms with Crippen molar-refractivity contribution in [1.82, 2.24) is 0 Å². The Hall–Kier alpha value is -0.880. The Morgan fingerprint density at radius 1 is 1.38 bits per heavy atom. The van der Waals surface area contributed by atoms with Crippen LogP contribution in [-0.4, -0.2) is 11.6 Å². The van der Waals surface area contributed by atoms with Gasteiger partial charge in [0.2, 0.25) is 6.08 Å². The van der Waals surface area contributed by atoms with Crippen molar-refractivity contribution in [3.63, 3.8) is 0 Å². The van der Waals surface area contributed by atoms with E-state index in [1.807, 2.05) is 13.8 Å². The molecule has 3 atom stereocenters. The van der Waals surface area contributed by atoms with Crippen LogP contribution in [0, 0.1) is 17.8 Å². The molecule has 0 aliphatic heterocycles. The van der Waals surface area contributed by atoms with E-state index in [4.69, 9.17) is 0 Å². The highest BCUT2D eigenvalue weighted by Gasteiger charge is 2.43. The maximum Gasteiger partial charge on any atom is 0.235 e. The fourth-order valence-electron chi connectivity index (χ4n) is 2.79. The summed E-state index contributed by atoms with van der Waals surface area (Å²) >= 11 is 0. The van der Waals surface area contributed by atoms with Crippen molar-refractivity contribution in [3.05, 3.63) is 12.2 Å². The molecule has 2 bridgehead atoms. The Balaban J connectivity index is 2.18. The second-order valence-corrected chi connectivity index (χ2v) is 4.74. The van der Waals surface area contributed by atoms with Crippen LogP contribution >= 0.6 is 0 Å². The number of aliphatic imine (C=N–C) groups is 1. The van der Waals surface area contributed by atoms with E-state index in [1.54, 1.807) is 6.08 Å². The van der Waals surface area contributed by atoms with Gasteiger partial charge < -0.3 is 0 Å². The Morgan fingerprint density at radius 3 is 2.62 bits per heavy atom. The van der Waals surface area contributed by atoms with Crippen LogP contribution in [0.3, 0.4) is 0 Å². The molecule has 2 rings (SSSR count). The summed E-state index contributed by atoms with van der Waals surface area (Å²) < 4.78 is 0. The third kappa shape index (κ3) is 1.36. The molecule has 1 fully saturated rings. The van der Waals surface area contributed by atoms with E-state index >= 15 is 0 Å². The van der Waals surface area contributed by atoms with Gasteiger partial charge in [0.05, 0.1) is 5.54 Å². The van der Waals surface area contributed by atoms with Gasteiger partial charge in [-0.15, -0.1) is 0 Å². The van der Waals surface area contributed by atoms with Crippen LogP contribution in [0.4, 0.5) is 0 Å². The number of hydrogen-bond acceptors (Lipinski definition) is 2. The van der Waals surface area contributed by atoms with E-state index in [0.29, 0.717) is 11.8 Å². The number of fused-ring (bicyclic) bond motifs is 2. The molecule has 2 heteroatoms. The van der Waals surface area contributed by atoms with Crippen molar-refractivity contribution in [2.24, 2.45) is 22.7 Å². The van der Waals surface area contributed by atoms with Gasteiger partial charge in [0.15, 0.2) is 0 Å². The van der Waals surface area contributed by atoms with Gasteiger partial charge in [-0.2, -0.15) is 4.99 Å². The van der Waals surface area contributed by atoms with Crippen LogP contribution in [0.5, 0.6) is 0 Å². The Bertz CT molecular complexity index is 286. The lowest BCUT2D eigenvalue weighted by atomic mass is 9.79. The summed E-state index contributed by atoms with van der Waals surface area (Å²) in [6, 6.07) is 0. The van der Waals surface area contributed by atoms with Crippen molar-refractivity contribution in [2.45, 2.75) is 32.2 Å². The molecule has 0 spiro atoms. The molecular weight excluding hydrogens is 162 g/mol. The second-order valence-electron chi connectivity index (χ2n) is 4.74. The summed E-state index contributed by atoms with van der Waals surface area (Å²) in [5.74, 6) is 1.94. The van der Waals surface area contributed by atoms with E-state index in [1.165, 1.54) is 12.8 Å². The summed E-state index contributed by atoms with van der Waals surface area (Å²) in [4.78, 5) is 14.2. The standard InChI is InChI=1S/C11H15NO/c1-11(2,12-7-13)10-6-8-3-4-9(10)5-8/h3-4,8-10H,5-6H2,1-2H3. The van der Waals surface area contributed by atoms with Crippen LogP contribution in [0.15, 0.2) is 17.1 Å². The van der Waals surface area contributed by atoms with Gasteiger partial charge in [-0.05, 0) is 44.4 Å². The van der Waals surface area contributed by atoms with Crippen molar-refractivity contribution >= 4 is 6.08 Å².